The second-order valence-electron chi connectivity index (χ2n) is 10.3. The maximum Gasteiger partial charge on any atom is 0.332 e. The van der Waals surface area contributed by atoms with Gasteiger partial charge in [-0.2, -0.15) is 0 Å². The zero-order chi connectivity index (χ0) is 27.3. The maximum atomic E-state index is 13.0. The Labute approximate surface area is 212 Å². The fourth-order valence-corrected chi connectivity index (χ4v) is 5.38. The number of nitrogens with zero attached hydrogens (tertiary/aromatic N) is 5. The molecule has 14 nitrogen and oxygen atoms in total. The average molecular weight is 520 g/mol. The average Bonchev–Trinajstić information content (AvgIpc) is 3.27. The van der Waals surface area contributed by atoms with Crippen molar-refractivity contribution in [1.82, 2.24) is 28.9 Å². The van der Waals surface area contributed by atoms with Crippen molar-refractivity contribution < 1.29 is 24.2 Å². The van der Waals surface area contributed by atoms with Crippen molar-refractivity contribution in [3.05, 3.63) is 27.2 Å². The van der Waals surface area contributed by atoms with Crippen molar-refractivity contribution >= 4 is 28.9 Å². The minimum atomic E-state index is -1.33. The van der Waals surface area contributed by atoms with E-state index in [0.717, 1.165) is 4.57 Å². The summed E-state index contributed by atoms with van der Waals surface area (Å²) in [6, 6.07) is -1.62. The van der Waals surface area contributed by atoms with Crippen LogP contribution in [0.25, 0.3) is 11.2 Å². The molecule has 2 aromatic rings. The Morgan fingerprint density at radius 1 is 1.24 bits per heavy atom. The van der Waals surface area contributed by atoms with Gasteiger partial charge in [0.25, 0.3) is 5.56 Å². The Balaban J connectivity index is 1.59. The Morgan fingerprint density at radius 2 is 1.89 bits per heavy atom. The number of rotatable bonds is 5. The van der Waals surface area contributed by atoms with Crippen LogP contribution in [0.15, 0.2) is 15.9 Å². The summed E-state index contributed by atoms with van der Waals surface area (Å²) in [6.07, 6.45) is 2.39. The van der Waals surface area contributed by atoms with Crippen LogP contribution in [0.2, 0.25) is 0 Å². The summed E-state index contributed by atoms with van der Waals surface area (Å²) in [4.78, 5) is 67.2. The zero-order valence-corrected chi connectivity index (χ0v) is 21.4. The molecule has 0 aromatic carbocycles. The van der Waals surface area contributed by atoms with E-state index >= 15 is 0 Å². The number of carbonyl (C=O) groups excluding carboxylic acids is 3. The van der Waals surface area contributed by atoms with E-state index in [1.165, 1.54) is 31.9 Å². The molecule has 202 valence electrons. The highest BCUT2D eigenvalue weighted by molar-refractivity contribution is 5.91. The molecule has 0 radical (unpaired) electrons. The summed E-state index contributed by atoms with van der Waals surface area (Å²) < 4.78 is 10.1. The normalized spacial score (nSPS) is 24.2. The number of fused-ring (bicyclic) bond motifs is 1. The van der Waals surface area contributed by atoms with Crippen LogP contribution in [0.3, 0.4) is 0 Å². The number of hydrogen-bond acceptors (Lipinski definition) is 8. The number of aryl methyl sites for hydroxylation is 1. The molecule has 2 aliphatic heterocycles. The van der Waals surface area contributed by atoms with Crippen LogP contribution in [0.5, 0.6) is 0 Å². The van der Waals surface area contributed by atoms with E-state index in [9.17, 15) is 29.1 Å². The molecule has 0 aliphatic carbocycles. The number of ether oxygens (including phenoxy) is 1. The van der Waals surface area contributed by atoms with Gasteiger partial charge in [0.15, 0.2) is 11.2 Å². The third-order valence-electron chi connectivity index (χ3n) is 7.53. The summed E-state index contributed by atoms with van der Waals surface area (Å²) in [5.74, 6) is -1.53. The quantitative estimate of drug-likeness (QED) is 0.401. The second kappa shape index (κ2) is 9.41. The van der Waals surface area contributed by atoms with E-state index in [1.807, 2.05) is 0 Å². The molecular formula is C23H33N7O7. The molecule has 3 atom stereocenters. The minimum Gasteiger partial charge on any atom is -0.386 e. The monoisotopic (exact) mass is 519 g/mol. The van der Waals surface area contributed by atoms with E-state index < -0.39 is 52.3 Å². The summed E-state index contributed by atoms with van der Waals surface area (Å²) in [5, 5.41) is 13.7. The van der Waals surface area contributed by atoms with Gasteiger partial charge in [0.05, 0.1) is 31.0 Å². The van der Waals surface area contributed by atoms with Gasteiger partial charge in [-0.1, -0.05) is 0 Å². The topological polar surface area (TPSA) is 184 Å². The number of piperidine rings is 1. The van der Waals surface area contributed by atoms with Crippen LogP contribution in [0.1, 0.15) is 45.6 Å². The number of imidazole rings is 1. The summed E-state index contributed by atoms with van der Waals surface area (Å²) in [6.45, 7) is 3.50. The zero-order valence-electron chi connectivity index (χ0n) is 21.4. The van der Waals surface area contributed by atoms with Crippen molar-refractivity contribution in [2.24, 2.45) is 19.8 Å². The molecule has 0 saturated carbocycles. The molecule has 2 fully saturated rings. The first-order valence-electron chi connectivity index (χ1n) is 12.1. The Kier molecular flexibility index (Phi) is 6.75. The third-order valence-corrected chi connectivity index (χ3v) is 7.53. The number of hydrogen-bond donors (Lipinski definition) is 3. The lowest BCUT2D eigenvalue weighted by Crippen LogP contribution is -2.59. The number of nitrogens with one attached hydrogen (secondary N) is 1. The predicted molar refractivity (Wildman–Crippen MR) is 130 cm³/mol. The number of carbonyl (C=O) groups is 3. The van der Waals surface area contributed by atoms with Crippen LogP contribution in [0, 0.1) is 0 Å². The van der Waals surface area contributed by atoms with E-state index in [2.05, 4.69) is 10.3 Å². The van der Waals surface area contributed by atoms with Crippen LogP contribution < -0.4 is 22.3 Å². The highest BCUT2D eigenvalue weighted by Crippen LogP contribution is 2.44. The number of primary amides is 1. The minimum absolute atomic E-state index is 0.00639. The highest BCUT2D eigenvalue weighted by Gasteiger charge is 2.50. The molecule has 14 heteroatoms. The Bertz CT molecular complexity index is 1350. The molecule has 2 aromatic heterocycles. The first-order chi connectivity index (χ1) is 17.3. The Hall–Kier alpha value is -3.52. The van der Waals surface area contributed by atoms with Crippen molar-refractivity contribution in [3.63, 3.8) is 0 Å². The molecule has 4 N–H and O–H groups in total. The van der Waals surface area contributed by atoms with E-state index in [0.29, 0.717) is 32.4 Å². The van der Waals surface area contributed by atoms with Gasteiger partial charge in [0.2, 0.25) is 17.7 Å². The molecule has 2 aliphatic rings. The van der Waals surface area contributed by atoms with Gasteiger partial charge in [-0.3, -0.25) is 28.3 Å². The van der Waals surface area contributed by atoms with E-state index in [1.54, 1.807) is 16.4 Å². The molecule has 37 heavy (non-hydrogen) atoms. The summed E-state index contributed by atoms with van der Waals surface area (Å²) in [5.41, 5.74) is 2.68. The van der Waals surface area contributed by atoms with E-state index in [-0.39, 0.29) is 24.2 Å². The first-order valence-corrected chi connectivity index (χ1v) is 12.1. The van der Waals surface area contributed by atoms with Gasteiger partial charge in [-0.05, 0) is 19.8 Å². The SMILES string of the molecule is CC(=O)N[C@H](CC(N)=O)C(=O)N1CCC2(CC1)C[C@H](n1cnc3c1c(=O)n(C)c(=O)n3C)[C@@](C)(O)CO2. The maximum absolute atomic E-state index is 13.0. The lowest BCUT2D eigenvalue weighted by atomic mass is 9.77. The molecule has 4 rings (SSSR count). The molecular weight excluding hydrogens is 486 g/mol. The molecule has 1 spiro atoms. The molecule has 0 bridgehead atoms. The molecule has 4 heterocycles. The van der Waals surface area contributed by atoms with E-state index in [4.69, 9.17) is 10.5 Å². The van der Waals surface area contributed by atoms with Gasteiger partial charge in [-0.15, -0.1) is 0 Å². The molecule has 2 saturated heterocycles. The smallest absolute Gasteiger partial charge is 0.332 e. The van der Waals surface area contributed by atoms with Crippen molar-refractivity contribution in [2.75, 3.05) is 19.7 Å². The fraction of sp³-hybridized carbons (Fsp3) is 0.652. The number of aromatic nitrogens is 4. The summed E-state index contributed by atoms with van der Waals surface area (Å²) >= 11 is 0. The van der Waals surface area contributed by atoms with Crippen LogP contribution in [0.4, 0.5) is 0 Å². The third kappa shape index (κ3) is 4.78. The number of amides is 3. The largest absolute Gasteiger partial charge is 0.386 e. The van der Waals surface area contributed by atoms with Crippen molar-refractivity contribution in [1.29, 1.82) is 0 Å². The van der Waals surface area contributed by atoms with Gasteiger partial charge >= 0.3 is 5.69 Å². The van der Waals surface area contributed by atoms with Crippen molar-refractivity contribution in [3.8, 4) is 0 Å². The fourth-order valence-electron chi connectivity index (χ4n) is 5.38. The lowest BCUT2D eigenvalue weighted by molar-refractivity contribution is -0.201. The van der Waals surface area contributed by atoms with Crippen LogP contribution in [-0.2, 0) is 33.2 Å². The number of aliphatic hydroxyl groups is 1. The first kappa shape index (κ1) is 26.5. The second-order valence-corrected chi connectivity index (χ2v) is 10.3. The van der Waals surface area contributed by atoms with Crippen LogP contribution in [-0.4, -0.2) is 83.4 Å². The summed E-state index contributed by atoms with van der Waals surface area (Å²) in [7, 11) is 2.93. The van der Waals surface area contributed by atoms with Crippen LogP contribution >= 0.6 is 0 Å². The lowest BCUT2D eigenvalue weighted by Gasteiger charge is -2.51. The van der Waals surface area contributed by atoms with Gasteiger partial charge < -0.3 is 30.4 Å². The van der Waals surface area contributed by atoms with Gasteiger partial charge in [-0.25, -0.2) is 9.78 Å². The van der Waals surface area contributed by atoms with Crippen molar-refractivity contribution in [2.45, 2.75) is 62.8 Å². The standard InChI is InChI=1S/C23H33N7O7/c1-13(31)26-14(9-16(24)32)19(33)29-7-5-23(6-8-29)10-15(22(2,36)11-37-23)30-12-25-18-17(30)20(34)28(4)21(35)27(18)3/h12,14-15,36H,5-11H2,1-4H3,(H2,24,32)(H,26,31)/t14-,15+,22+/m1/s1. The van der Waals surface area contributed by atoms with Gasteiger partial charge in [0, 0.05) is 40.5 Å². The predicted octanol–water partition coefficient (Wildman–Crippen LogP) is -2.11. The highest BCUT2D eigenvalue weighted by atomic mass is 16.5. The number of likely N-dealkylation sites (tertiary alicyclic amines) is 1. The Morgan fingerprint density at radius 3 is 2.49 bits per heavy atom. The molecule has 0 unspecified atom stereocenters. The number of nitrogens with two attached hydrogens (primary N) is 1. The van der Waals surface area contributed by atoms with Gasteiger partial charge in [0.1, 0.15) is 11.6 Å². The molecule has 3 amide bonds.